The maximum Gasteiger partial charge on any atom is 0.129 e. The summed E-state index contributed by atoms with van der Waals surface area (Å²) in [5.74, 6) is -0.267. The molecule has 2 rings (SSSR count). The topological polar surface area (TPSA) is 50.9 Å². The zero-order valence-electron chi connectivity index (χ0n) is 11.2. The lowest BCUT2D eigenvalue weighted by Gasteiger charge is -2.22. The summed E-state index contributed by atoms with van der Waals surface area (Å²) in [5.41, 5.74) is 7.95. The molecule has 2 aromatic rings. The number of hydrogen-bond acceptors (Lipinski definition) is 3. The average molecular weight is 338 g/mol. The molecule has 5 heteroatoms. The second kappa shape index (κ2) is 6.81. The molecule has 0 saturated heterocycles. The van der Waals surface area contributed by atoms with Crippen LogP contribution in [0.5, 0.6) is 0 Å². The first-order chi connectivity index (χ1) is 9.65. The summed E-state index contributed by atoms with van der Waals surface area (Å²) in [7, 11) is 0. The van der Waals surface area contributed by atoms with Crippen LogP contribution < -0.4 is 11.1 Å². The van der Waals surface area contributed by atoms with Crippen molar-refractivity contribution in [2.24, 2.45) is 0 Å². The van der Waals surface area contributed by atoms with E-state index in [4.69, 9.17) is 5.73 Å². The molecule has 0 radical (unpaired) electrons. The van der Waals surface area contributed by atoms with Gasteiger partial charge in [0.05, 0.1) is 6.04 Å². The third-order valence-corrected chi connectivity index (χ3v) is 3.78. The van der Waals surface area contributed by atoms with Crippen LogP contribution in [0.15, 0.2) is 41.1 Å². The number of anilines is 1. The fourth-order valence-corrected chi connectivity index (χ4v) is 2.67. The van der Waals surface area contributed by atoms with Gasteiger partial charge in [0.25, 0.3) is 0 Å². The normalized spacial score (nSPS) is 12.3. The number of halogens is 2. The van der Waals surface area contributed by atoms with Crippen molar-refractivity contribution in [2.45, 2.75) is 19.4 Å². The number of benzene rings is 1. The van der Waals surface area contributed by atoms with E-state index in [0.29, 0.717) is 15.7 Å². The molecule has 3 nitrogen and oxygen atoms in total. The molecule has 0 spiro atoms. The Morgan fingerprint density at radius 3 is 2.85 bits per heavy atom. The fraction of sp³-hybridized carbons (Fsp3) is 0.267. The molecule has 1 unspecified atom stereocenters. The van der Waals surface area contributed by atoms with Gasteiger partial charge in [-0.3, -0.25) is 4.98 Å². The Hall–Kier alpha value is -1.46. The Kier molecular flexibility index (Phi) is 5.09. The monoisotopic (exact) mass is 337 g/mol. The van der Waals surface area contributed by atoms with Crippen molar-refractivity contribution in [2.75, 3.05) is 12.3 Å². The van der Waals surface area contributed by atoms with Crippen LogP contribution in [0, 0.1) is 5.82 Å². The molecule has 0 fully saturated rings. The summed E-state index contributed by atoms with van der Waals surface area (Å²) in [5, 5.41) is 3.33. The number of rotatable bonds is 5. The molecule has 0 aliphatic heterocycles. The van der Waals surface area contributed by atoms with Gasteiger partial charge in [-0.05, 0) is 31.2 Å². The maximum absolute atomic E-state index is 14.2. The van der Waals surface area contributed by atoms with Crippen molar-refractivity contribution in [1.82, 2.24) is 10.3 Å². The lowest BCUT2D eigenvalue weighted by Crippen LogP contribution is -2.25. The van der Waals surface area contributed by atoms with Crippen molar-refractivity contribution in [3.8, 4) is 0 Å². The molecule has 1 aromatic heterocycles. The number of nitrogens with two attached hydrogens (primary N) is 1. The quantitative estimate of drug-likeness (QED) is 0.875. The van der Waals surface area contributed by atoms with Gasteiger partial charge in [0, 0.05) is 33.7 Å². The average Bonchev–Trinajstić information content (AvgIpc) is 2.43. The summed E-state index contributed by atoms with van der Waals surface area (Å²) in [6, 6.07) is 6.36. The first kappa shape index (κ1) is 14.9. The molecule has 20 heavy (non-hydrogen) atoms. The zero-order chi connectivity index (χ0) is 14.5. The predicted molar refractivity (Wildman–Crippen MR) is 82.9 cm³/mol. The van der Waals surface area contributed by atoms with Crippen LogP contribution in [0.3, 0.4) is 0 Å². The molecule has 1 atom stereocenters. The van der Waals surface area contributed by atoms with Crippen molar-refractivity contribution in [1.29, 1.82) is 0 Å². The summed E-state index contributed by atoms with van der Waals surface area (Å²) in [6.45, 7) is 2.83. The first-order valence-corrected chi connectivity index (χ1v) is 7.31. The van der Waals surface area contributed by atoms with E-state index >= 15 is 0 Å². The minimum absolute atomic E-state index is 0.267. The van der Waals surface area contributed by atoms with Gasteiger partial charge in [-0.15, -0.1) is 0 Å². The molecule has 106 valence electrons. The van der Waals surface area contributed by atoms with E-state index in [-0.39, 0.29) is 11.9 Å². The molecule has 0 aliphatic rings. The summed E-state index contributed by atoms with van der Waals surface area (Å²) in [6.07, 6.45) is 4.26. The van der Waals surface area contributed by atoms with E-state index in [1.807, 2.05) is 6.07 Å². The van der Waals surface area contributed by atoms with Gasteiger partial charge >= 0.3 is 0 Å². The van der Waals surface area contributed by atoms with E-state index in [0.717, 1.165) is 18.5 Å². The maximum atomic E-state index is 14.2. The molecule has 1 heterocycles. The first-order valence-electron chi connectivity index (χ1n) is 6.51. The Bertz CT molecular complexity index is 569. The van der Waals surface area contributed by atoms with Gasteiger partial charge in [0.2, 0.25) is 0 Å². The van der Waals surface area contributed by atoms with Crippen LogP contribution >= 0.6 is 15.9 Å². The highest BCUT2D eigenvalue weighted by Crippen LogP contribution is 2.32. The second-order valence-corrected chi connectivity index (χ2v) is 5.38. The van der Waals surface area contributed by atoms with Crippen LogP contribution in [0.4, 0.5) is 10.1 Å². The summed E-state index contributed by atoms with van der Waals surface area (Å²) >= 11 is 3.42. The van der Waals surface area contributed by atoms with Crippen LogP contribution in [-0.4, -0.2) is 11.5 Å². The van der Waals surface area contributed by atoms with Gasteiger partial charge in [0.1, 0.15) is 5.82 Å². The van der Waals surface area contributed by atoms with Crippen LogP contribution in [-0.2, 0) is 0 Å². The SMILES string of the molecule is CCCNC(c1cnccc1N)c1c(F)cccc1Br. The number of nitrogens with zero attached hydrogens (tertiary/aromatic N) is 1. The van der Waals surface area contributed by atoms with Crippen molar-refractivity contribution in [3.63, 3.8) is 0 Å². The molecule has 0 amide bonds. The smallest absolute Gasteiger partial charge is 0.129 e. The number of pyridine rings is 1. The van der Waals surface area contributed by atoms with Gasteiger partial charge in [-0.25, -0.2) is 4.39 Å². The summed E-state index contributed by atoms with van der Waals surface area (Å²) in [4.78, 5) is 4.10. The molecular weight excluding hydrogens is 321 g/mol. The highest BCUT2D eigenvalue weighted by atomic mass is 79.9. The molecule has 1 aromatic carbocycles. The minimum atomic E-state index is -0.320. The third kappa shape index (κ3) is 3.16. The standard InChI is InChI=1S/C15H17BrFN3/c1-2-7-20-15(10-9-19-8-6-13(10)18)14-11(16)4-3-5-12(14)17/h3-6,8-9,15,20H,2,7H2,1H3,(H2,18,19). The van der Waals surface area contributed by atoms with Crippen LogP contribution in [0.25, 0.3) is 0 Å². The number of aromatic nitrogens is 1. The lowest BCUT2D eigenvalue weighted by atomic mass is 9.98. The number of hydrogen-bond donors (Lipinski definition) is 2. The lowest BCUT2D eigenvalue weighted by molar-refractivity contribution is 0.544. The van der Waals surface area contributed by atoms with Crippen molar-refractivity contribution in [3.05, 3.63) is 58.1 Å². The van der Waals surface area contributed by atoms with Crippen molar-refractivity contribution < 1.29 is 4.39 Å². The van der Waals surface area contributed by atoms with Gasteiger partial charge in [0.15, 0.2) is 0 Å². The largest absolute Gasteiger partial charge is 0.398 e. The number of nitrogen functional groups attached to an aromatic ring is 1. The van der Waals surface area contributed by atoms with Crippen molar-refractivity contribution >= 4 is 21.6 Å². The fourth-order valence-electron chi connectivity index (χ4n) is 2.10. The van der Waals surface area contributed by atoms with E-state index in [1.165, 1.54) is 6.07 Å². The van der Waals surface area contributed by atoms with Gasteiger partial charge < -0.3 is 11.1 Å². The Morgan fingerprint density at radius 1 is 1.40 bits per heavy atom. The highest BCUT2D eigenvalue weighted by molar-refractivity contribution is 9.10. The third-order valence-electron chi connectivity index (χ3n) is 3.08. The minimum Gasteiger partial charge on any atom is -0.398 e. The van der Waals surface area contributed by atoms with Gasteiger partial charge in [-0.2, -0.15) is 0 Å². The second-order valence-electron chi connectivity index (χ2n) is 4.53. The molecule has 0 saturated carbocycles. The molecule has 0 bridgehead atoms. The van der Waals surface area contributed by atoms with Gasteiger partial charge in [-0.1, -0.05) is 28.9 Å². The zero-order valence-corrected chi connectivity index (χ0v) is 12.8. The Labute approximate surface area is 126 Å². The van der Waals surface area contributed by atoms with Crippen LogP contribution in [0.1, 0.15) is 30.5 Å². The number of nitrogens with one attached hydrogen (secondary N) is 1. The molecular formula is C15H17BrFN3. The van der Waals surface area contributed by atoms with E-state index in [9.17, 15) is 4.39 Å². The predicted octanol–water partition coefficient (Wildman–Crippen LogP) is 3.65. The Balaban J connectivity index is 2.50. The summed E-state index contributed by atoms with van der Waals surface area (Å²) < 4.78 is 14.9. The van der Waals surface area contributed by atoms with Crippen LogP contribution in [0.2, 0.25) is 0 Å². The highest BCUT2D eigenvalue weighted by Gasteiger charge is 2.22. The molecule has 3 N–H and O–H groups in total. The van der Waals surface area contributed by atoms with E-state index in [2.05, 4.69) is 33.2 Å². The van der Waals surface area contributed by atoms with E-state index < -0.39 is 0 Å². The molecule has 0 aliphatic carbocycles. The van der Waals surface area contributed by atoms with E-state index in [1.54, 1.807) is 24.5 Å². The Morgan fingerprint density at radius 2 is 2.20 bits per heavy atom.